The number of halogens is 1. The molecule has 0 aliphatic heterocycles. The second kappa shape index (κ2) is 8.16. The van der Waals surface area contributed by atoms with Crippen molar-refractivity contribution in [2.75, 3.05) is 5.32 Å². The van der Waals surface area contributed by atoms with Crippen molar-refractivity contribution < 1.29 is 4.79 Å². The number of nitrogens with zero attached hydrogens (tertiary/aromatic N) is 3. The summed E-state index contributed by atoms with van der Waals surface area (Å²) in [4.78, 5) is 39.6. The number of carbonyl (C=O) groups is 1. The van der Waals surface area contributed by atoms with E-state index in [1.807, 2.05) is 26.8 Å². The molecule has 2 aromatic heterocycles. The van der Waals surface area contributed by atoms with E-state index in [1.54, 1.807) is 54.1 Å². The summed E-state index contributed by atoms with van der Waals surface area (Å²) >= 11 is 6.15. The molecule has 4 aromatic rings. The van der Waals surface area contributed by atoms with E-state index in [1.165, 1.54) is 4.57 Å². The van der Waals surface area contributed by atoms with Gasteiger partial charge in [0.05, 0.1) is 11.2 Å². The number of aromatic nitrogens is 3. The van der Waals surface area contributed by atoms with Crippen LogP contribution in [0.5, 0.6) is 0 Å². The van der Waals surface area contributed by atoms with Gasteiger partial charge in [0.2, 0.25) is 5.91 Å². The van der Waals surface area contributed by atoms with Crippen LogP contribution in [0.2, 0.25) is 5.02 Å². The lowest BCUT2D eigenvalue weighted by atomic mass is 10.2. The second-order valence-corrected chi connectivity index (χ2v) is 8.35. The third kappa shape index (κ3) is 3.76. The Morgan fingerprint density at radius 3 is 2.47 bits per heavy atom. The summed E-state index contributed by atoms with van der Waals surface area (Å²) in [5.74, 6) is -0.399. The lowest BCUT2D eigenvalue weighted by Crippen LogP contribution is -2.41. The van der Waals surface area contributed by atoms with Crippen LogP contribution in [0.3, 0.4) is 0 Å². The van der Waals surface area contributed by atoms with Crippen LogP contribution >= 0.6 is 11.6 Å². The highest BCUT2D eigenvalue weighted by molar-refractivity contribution is 6.31. The van der Waals surface area contributed by atoms with Crippen LogP contribution in [0.15, 0.2) is 58.1 Å². The van der Waals surface area contributed by atoms with Crippen molar-refractivity contribution in [2.45, 2.75) is 27.3 Å². The van der Waals surface area contributed by atoms with Crippen LogP contribution in [-0.2, 0) is 18.4 Å². The smallest absolute Gasteiger partial charge is 0.336 e. The molecule has 4 rings (SSSR count). The predicted molar refractivity (Wildman–Crippen MR) is 127 cm³/mol. The van der Waals surface area contributed by atoms with E-state index in [0.29, 0.717) is 27.4 Å². The summed E-state index contributed by atoms with van der Waals surface area (Å²) in [6.45, 7) is 5.35. The molecule has 2 aromatic carbocycles. The van der Waals surface area contributed by atoms with E-state index < -0.39 is 17.2 Å². The molecule has 0 spiro atoms. The van der Waals surface area contributed by atoms with Gasteiger partial charge in [0, 0.05) is 23.5 Å². The van der Waals surface area contributed by atoms with Crippen molar-refractivity contribution in [3.63, 3.8) is 0 Å². The lowest BCUT2D eigenvalue weighted by molar-refractivity contribution is -0.116. The third-order valence-corrected chi connectivity index (χ3v) is 6.00. The zero-order valence-electron chi connectivity index (χ0n) is 18.3. The highest BCUT2D eigenvalue weighted by Gasteiger charge is 2.20. The van der Waals surface area contributed by atoms with Gasteiger partial charge in [0.1, 0.15) is 12.1 Å². The number of aryl methyl sites for hydroxylation is 4. The molecule has 7 nitrogen and oxygen atoms in total. The molecule has 0 radical (unpaired) electrons. The Kier molecular flexibility index (Phi) is 5.52. The molecule has 0 saturated carbocycles. The first kappa shape index (κ1) is 21.6. The summed E-state index contributed by atoms with van der Waals surface area (Å²) in [5, 5.41) is 3.31. The van der Waals surface area contributed by atoms with Gasteiger partial charge in [-0.25, -0.2) is 9.36 Å². The van der Waals surface area contributed by atoms with Crippen molar-refractivity contribution >= 4 is 34.2 Å². The number of carbonyl (C=O) groups excluding carboxylic acids is 1. The van der Waals surface area contributed by atoms with Gasteiger partial charge < -0.3 is 9.88 Å². The topological polar surface area (TPSA) is 78.0 Å². The Bertz CT molecular complexity index is 1490. The van der Waals surface area contributed by atoms with Crippen LogP contribution in [-0.4, -0.2) is 19.6 Å². The van der Waals surface area contributed by atoms with Crippen molar-refractivity contribution in [3.05, 3.63) is 91.2 Å². The molecule has 32 heavy (non-hydrogen) atoms. The fraction of sp³-hybridized carbons (Fsp3) is 0.208. The van der Waals surface area contributed by atoms with Crippen LogP contribution in [0, 0.1) is 20.8 Å². The Balaban J connectivity index is 1.86. The van der Waals surface area contributed by atoms with Crippen molar-refractivity contribution in [1.82, 2.24) is 13.7 Å². The van der Waals surface area contributed by atoms with E-state index >= 15 is 0 Å². The van der Waals surface area contributed by atoms with Gasteiger partial charge in [-0.05, 0) is 62.2 Å². The maximum Gasteiger partial charge on any atom is 0.336 e. The van der Waals surface area contributed by atoms with E-state index in [0.717, 1.165) is 21.4 Å². The third-order valence-electron chi connectivity index (χ3n) is 5.59. The molecule has 1 N–H and O–H groups in total. The summed E-state index contributed by atoms with van der Waals surface area (Å²) < 4.78 is 4.18. The summed E-state index contributed by atoms with van der Waals surface area (Å²) in [7, 11) is 1.77. The molecule has 0 aliphatic rings. The first-order valence-corrected chi connectivity index (χ1v) is 10.5. The van der Waals surface area contributed by atoms with Crippen LogP contribution in [0.1, 0.15) is 16.8 Å². The number of anilines is 1. The van der Waals surface area contributed by atoms with Crippen molar-refractivity contribution in [3.8, 4) is 5.69 Å². The first-order valence-electron chi connectivity index (χ1n) is 10.1. The molecule has 0 atom stereocenters. The fourth-order valence-electron chi connectivity index (χ4n) is 3.75. The number of rotatable bonds is 4. The molecule has 2 heterocycles. The number of hydrogen-bond donors (Lipinski definition) is 1. The quantitative estimate of drug-likeness (QED) is 0.515. The predicted octanol–water partition coefficient (Wildman–Crippen LogP) is 3.71. The standard InChI is InChI=1S/C24H23ClN4O3/c1-14-6-5-7-18(10-14)29-23(31)22-20(11-16(3)27(22)4)28(24(29)32)13-21(30)26-17-9-8-15(2)19(25)12-17/h5-12H,13H2,1-4H3,(H,26,30). The normalized spacial score (nSPS) is 11.2. The molecule has 0 unspecified atom stereocenters. The molecule has 0 fully saturated rings. The van der Waals surface area contributed by atoms with E-state index in [4.69, 9.17) is 11.6 Å². The van der Waals surface area contributed by atoms with Gasteiger partial charge in [-0.2, -0.15) is 0 Å². The van der Waals surface area contributed by atoms with Gasteiger partial charge in [0.25, 0.3) is 5.56 Å². The van der Waals surface area contributed by atoms with E-state index in [2.05, 4.69) is 5.32 Å². The molecule has 0 saturated heterocycles. The Morgan fingerprint density at radius 1 is 1.03 bits per heavy atom. The summed E-state index contributed by atoms with van der Waals surface area (Å²) in [6.07, 6.45) is 0. The number of amides is 1. The highest BCUT2D eigenvalue weighted by atomic mass is 35.5. The first-order chi connectivity index (χ1) is 15.2. The largest absolute Gasteiger partial charge is 0.342 e. The van der Waals surface area contributed by atoms with Gasteiger partial charge in [-0.15, -0.1) is 0 Å². The average molecular weight is 451 g/mol. The SMILES string of the molecule is Cc1cccc(-n2c(=O)c3c(cc(C)n3C)n(CC(=O)Nc3ccc(C)c(Cl)c3)c2=O)c1. The van der Waals surface area contributed by atoms with Crippen molar-refractivity contribution in [2.24, 2.45) is 7.05 Å². The second-order valence-electron chi connectivity index (χ2n) is 7.94. The highest BCUT2D eigenvalue weighted by Crippen LogP contribution is 2.20. The molecule has 164 valence electrons. The van der Waals surface area contributed by atoms with Gasteiger partial charge in [-0.3, -0.25) is 14.2 Å². The minimum atomic E-state index is -0.573. The minimum absolute atomic E-state index is 0.254. The summed E-state index contributed by atoms with van der Waals surface area (Å²) in [6, 6.07) is 14.1. The Morgan fingerprint density at radius 2 is 1.78 bits per heavy atom. The number of nitrogens with one attached hydrogen (secondary N) is 1. The Hall–Kier alpha value is -3.58. The Labute approximate surface area is 189 Å². The van der Waals surface area contributed by atoms with Gasteiger partial charge in [0.15, 0.2) is 0 Å². The maximum absolute atomic E-state index is 13.4. The monoisotopic (exact) mass is 450 g/mol. The molecule has 0 bridgehead atoms. The van der Waals surface area contributed by atoms with Crippen LogP contribution in [0.4, 0.5) is 5.69 Å². The van der Waals surface area contributed by atoms with Crippen LogP contribution in [0.25, 0.3) is 16.7 Å². The molecule has 0 aliphatic carbocycles. The summed E-state index contributed by atoms with van der Waals surface area (Å²) in [5.41, 5.74) is 3.38. The molecule has 1 amide bonds. The fourth-order valence-corrected chi connectivity index (χ4v) is 3.93. The molecular formula is C24H23ClN4O3. The molecule has 8 heteroatoms. The van der Waals surface area contributed by atoms with Crippen molar-refractivity contribution in [1.29, 1.82) is 0 Å². The zero-order valence-corrected chi connectivity index (χ0v) is 19.0. The van der Waals surface area contributed by atoms with Crippen LogP contribution < -0.4 is 16.6 Å². The van der Waals surface area contributed by atoms with Gasteiger partial charge >= 0.3 is 5.69 Å². The van der Waals surface area contributed by atoms with E-state index in [9.17, 15) is 14.4 Å². The zero-order chi connectivity index (χ0) is 23.2. The van der Waals surface area contributed by atoms with Gasteiger partial charge in [-0.1, -0.05) is 29.8 Å². The molecular weight excluding hydrogens is 428 g/mol. The number of hydrogen-bond acceptors (Lipinski definition) is 3. The average Bonchev–Trinajstić information content (AvgIpc) is 3.03. The van der Waals surface area contributed by atoms with E-state index in [-0.39, 0.29) is 6.54 Å². The number of benzene rings is 2. The maximum atomic E-state index is 13.4. The number of fused-ring (bicyclic) bond motifs is 1. The lowest BCUT2D eigenvalue weighted by Gasteiger charge is -2.14. The minimum Gasteiger partial charge on any atom is -0.342 e.